The number of carbonyl (C=O) groups is 1. The number of alkyl halides is 3. The molecule has 1 rings (SSSR count). The molecule has 2 N–H and O–H groups in total. The summed E-state index contributed by atoms with van der Waals surface area (Å²) in [5.41, 5.74) is 0. The fourth-order valence-corrected chi connectivity index (χ4v) is 1.94. The van der Waals surface area contributed by atoms with Crippen molar-refractivity contribution in [2.24, 2.45) is 5.92 Å². The van der Waals surface area contributed by atoms with Crippen molar-refractivity contribution in [2.45, 2.75) is 38.3 Å². The summed E-state index contributed by atoms with van der Waals surface area (Å²) < 4.78 is 35.5. The van der Waals surface area contributed by atoms with Crippen LogP contribution in [0.25, 0.3) is 0 Å². The molecule has 0 aromatic heterocycles. The van der Waals surface area contributed by atoms with E-state index in [2.05, 4.69) is 10.6 Å². The molecule has 0 aromatic carbocycles. The molecule has 17 heavy (non-hydrogen) atoms. The highest BCUT2D eigenvalue weighted by molar-refractivity contribution is 5.75. The lowest BCUT2D eigenvalue weighted by molar-refractivity contribution is -0.135. The molecule has 3 nitrogen and oxygen atoms in total. The van der Waals surface area contributed by atoms with Crippen molar-refractivity contribution in [1.82, 2.24) is 10.6 Å². The lowest BCUT2D eigenvalue weighted by Crippen LogP contribution is -2.30. The zero-order chi connectivity index (χ0) is 12.7. The van der Waals surface area contributed by atoms with Crippen LogP contribution in [0, 0.1) is 5.92 Å². The highest BCUT2D eigenvalue weighted by atomic mass is 19.4. The summed E-state index contributed by atoms with van der Waals surface area (Å²) in [5.74, 6) is 0.261. The van der Waals surface area contributed by atoms with E-state index < -0.39 is 12.6 Å². The zero-order valence-corrected chi connectivity index (χ0v) is 9.78. The summed E-state index contributed by atoms with van der Waals surface area (Å²) in [6.45, 7) is 1.63. The second kappa shape index (κ2) is 6.83. The maximum Gasteiger partial charge on any atom is 0.390 e. The SMILES string of the molecule is O=C(CCC1CCNCC1)NCCC(F)(F)F. The smallest absolute Gasteiger partial charge is 0.356 e. The Morgan fingerprint density at radius 3 is 2.53 bits per heavy atom. The van der Waals surface area contributed by atoms with Crippen LogP contribution in [0.1, 0.15) is 32.1 Å². The van der Waals surface area contributed by atoms with Crippen LogP contribution >= 0.6 is 0 Å². The molecule has 6 heteroatoms. The van der Waals surface area contributed by atoms with Gasteiger partial charge in [0.05, 0.1) is 6.42 Å². The minimum absolute atomic E-state index is 0.271. The van der Waals surface area contributed by atoms with Crippen LogP contribution in [0.3, 0.4) is 0 Å². The fourth-order valence-electron chi connectivity index (χ4n) is 1.94. The van der Waals surface area contributed by atoms with Gasteiger partial charge in [0.15, 0.2) is 0 Å². The van der Waals surface area contributed by atoms with Crippen LogP contribution in [0.15, 0.2) is 0 Å². The Morgan fingerprint density at radius 2 is 1.94 bits per heavy atom. The Morgan fingerprint density at radius 1 is 1.29 bits per heavy atom. The van der Waals surface area contributed by atoms with Crippen LogP contribution < -0.4 is 10.6 Å². The van der Waals surface area contributed by atoms with Gasteiger partial charge >= 0.3 is 6.18 Å². The summed E-state index contributed by atoms with van der Waals surface area (Å²) in [7, 11) is 0. The summed E-state index contributed by atoms with van der Waals surface area (Å²) in [6, 6.07) is 0. The van der Waals surface area contributed by atoms with Gasteiger partial charge in [0.2, 0.25) is 5.91 Å². The van der Waals surface area contributed by atoms with Crippen molar-refractivity contribution in [1.29, 1.82) is 0 Å². The Labute approximate surface area is 99.1 Å². The molecule has 0 saturated carbocycles. The monoisotopic (exact) mass is 252 g/mol. The van der Waals surface area contributed by atoms with E-state index in [0.717, 1.165) is 32.4 Å². The van der Waals surface area contributed by atoms with Gasteiger partial charge in [0.25, 0.3) is 0 Å². The zero-order valence-electron chi connectivity index (χ0n) is 9.78. The molecular weight excluding hydrogens is 233 g/mol. The van der Waals surface area contributed by atoms with Gasteiger partial charge in [0, 0.05) is 13.0 Å². The first kappa shape index (κ1) is 14.3. The highest BCUT2D eigenvalue weighted by Crippen LogP contribution is 2.19. The van der Waals surface area contributed by atoms with E-state index in [1.807, 2.05) is 0 Å². The molecule has 0 unspecified atom stereocenters. The summed E-state index contributed by atoms with van der Waals surface area (Å²) in [6.07, 6.45) is -1.93. The number of hydrogen-bond donors (Lipinski definition) is 2. The van der Waals surface area contributed by atoms with Crippen molar-refractivity contribution in [3.8, 4) is 0 Å². The van der Waals surface area contributed by atoms with Crippen LogP contribution in [0.2, 0.25) is 0 Å². The Kier molecular flexibility index (Phi) is 5.74. The van der Waals surface area contributed by atoms with Crippen LogP contribution in [-0.4, -0.2) is 31.7 Å². The first-order chi connectivity index (χ1) is 7.97. The number of nitrogens with one attached hydrogen (secondary N) is 2. The molecular formula is C11H19F3N2O. The van der Waals surface area contributed by atoms with E-state index in [9.17, 15) is 18.0 Å². The fraction of sp³-hybridized carbons (Fsp3) is 0.909. The van der Waals surface area contributed by atoms with Gasteiger partial charge in [-0.2, -0.15) is 13.2 Å². The molecule has 1 saturated heterocycles. The Bertz CT molecular complexity index is 237. The molecule has 0 atom stereocenters. The third kappa shape index (κ3) is 7.20. The van der Waals surface area contributed by atoms with Gasteiger partial charge in [-0.15, -0.1) is 0 Å². The van der Waals surface area contributed by atoms with Gasteiger partial charge in [-0.05, 0) is 38.3 Å². The number of carbonyl (C=O) groups excluding carboxylic acids is 1. The topological polar surface area (TPSA) is 41.1 Å². The molecule has 1 aliphatic rings. The lowest BCUT2D eigenvalue weighted by Gasteiger charge is -2.22. The Balaban J connectivity index is 2.04. The van der Waals surface area contributed by atoms with Gasteiger partial charge in [-0.3, -0.25) is 4.79 Å². The number of rotatable bonds is 5. The second-order valence-corrected chi connectivity index (χ2v) is 4.45. The van der Waals surface area contributed by atoms with E-state index in [0.29, 0.717) is 12.3 Å². The molecule has 100 valence electrons. The van der Waals surface area contributed by atoms with Crippen molar-refractivity contribution in [3.63, 3.8) is 0 Å². The standard InChI is InChI=1S/C11H19F3N2O/c12-11(13,14)5-8-16-10(17)2-1-9-3-6-15-7-4-9/h9,15H,1-8H2,(H,16,17). The summed E-state index contributed by atoms with van der Waals surface area (Å²) in [4.78, 5) is 11.3. The number of piperidine rings is 1. The predicted octanol–water partition coefficient (Wildman–Crippen LogP) is 1.83. The number of hydrogen-bond acceptors (Lipinski definition) is 2. The molecule has 1 aliphatic heterocycles. The summed E-state index contributed by atoms with van der Waals surface area (Å²) in [5, 5.41) is 5.53. The van der Waals surface area contributed by atoms with Crippen LogP contribution in [0.5, 0.6) is 0 Å². The van der Waals surface area contributed by atoms with E-state index in [4.69, 9.17) is 0 Å². The molecule has 0 radical (unpaired) electrons. The molecule has 0 bridgehead atoms. The quantitative estimate of drug-likeness (QED) is 0.784. The van der Waals surface area contributed by atoms with Crippen molar-refractivity contribution < 1.29 is 18.0 Å². The van der Waals surface area contributed by atoms with E-state index in [1.165, 1.54) is 0 Å². The molecule has 1 heterocycles. The van der Waals surface area contributed by atoms with Gasteiger partial charge in [-0.25, -0.2) is 0 Å². The first-order valence-electron chi connectivity index (χ1n) is 6.01. The molecule has 0 aliphatic carbocycles. The average Bonchev–Trinajstić information content (AvgIpc) is 2.26. The first-order valence-corrected chi connectivity index (χ1v) is 6.01. The third-order valence-electron chi connectivity index (χ3n) is 2.97. The van der Waals surface area contributed by atoms with Crippen molar-refractivity contribution in [3.05, 3.63) is 0 Å². The van der Waals surface area contributed by atoms with E-state index in [-0.39, 0.29) is 12.5 Å². The van der Waals surface area contributed by atoms with Crippen molar-refractivity contribution >= 4 is 5.91 Å². The minimum atomic E-state index is -4.19. The van der Waals surface area contributed by atoms with Gasteiger partial charge in [-0.1, -0.05) is 0 Å². The maximum absolute atomic E-state index is 11.8. The normalized spacial score (nSPS) is 18.1. The minimum Gasteiger partial charge on any atom is -0.356 e. The lowest BCUT2D eigenvalue weighted by atomic mass is 9.93. The molecule has 1 fully saturated rings. The molecule has 0 spiro atoms. The van der Waals surface area contributed by atoms with Crippen molar-refractivity contribution in [2.75, 3.05) is 19.6 Å². The number of halogens is 3. The largest absolute Gasteiger partial charge is 0.390 e. The predicted molar refractivity (Wildman–Crippen MR) is 58.5 cm³/mol. The van der Waals surface area contributed by atoms with Crippen LogP contribution in [-0.2, 0) is 4.79 Å². The summed E-state index contributed by atoms with van der Waals surface area (Å²) >= 11 is 0. The van der Waals surface area contributed by atoms with E-state index in [1.54, 1.807) is 0 Å². The van der Waals surface area contributed by atoms with Gasteiger partial charge in [0.1, 0.15) is 0 Å². The third-order valence-corrected chi connectivity index (χ3v) is 2.97. The maximum atomic E-state index is 11.8. The second-order valence-electron chi connectivity index (χ2n) is 4.45. The number of amides is 1. The molecule has 0 aromatic rings. The highest BCUT2D eigenvalue weighted by Gasteiger charge is 2.26. The Hall–Kier alpha value is -0.780. The van der Waals surface area contributed by atoms with E-state index >= 15 is 0 Å². The molecule has 1 amide bonds. The average molecular weight is 252 g/mol. The van der Waals surface area contributed by atoms with Crippen LogP contribution in [0.4, 0.5) is 13.2 Å². The van der Waals surface area contributed by atoms with Gasteiger partial charge < -0.3 is 10.6 Å².